The minimum absolute atomic E-state index is 0.159. The molecule has 0 amide bonds. The van der Waals surface area contributed by atoms with Crippen molar-refractivity contribution < 1.29 is 9.84 Å². The fourth-order valence-corrected chi connectivity index (χ4v) is 1.89. The molecule has 0 aromatic heterocycles. The van der Waals surface area contributed by atoms with Crippen molar-refractivity contribution in [2.24, 2.45) is 0 Å². The van der Waals surface area contributed by atoms with Crippen LogP contribution in [0.2, 0.25) is 0 Å². The van der Waals surface area contributed by atoms with Crippen molar-refractivity contribution in [1.82, 2.24) is 5.32 Å². The van der Waals surface area contributed by atoms with Crippen LogP contribution in [0.4, 0.5) is 0 Å². The molecule has 0 aliphatic heterocycles. The SMILES string of the molecule is COc1c(C)c(C)cc(C)c1CNCCO. The number of ether oxygens (including phenoxy) is 1. The maximum atomic E-state index is 8.75. The van der Waals surface area contributed by atoms with Crippen LogP contribution >= 0.6 is 0 Å². The molecule has 1 aromatic carbocycles. The van der Waals surface area contributed by atoms with Crippen LogP contribution in [-0.4, -0.2) is 25.4 Å². The Morgan fingerprint density at radius 2 is 1.94 bits per heavy atom. The standard InChI is InChI=1S/C13H21NO2/c1-9-7-10(2)12(8-14-5-6-15)13(16-4)11(9)3/h7,14-15H,5-6,8H2,1-4H3. The Bertz CT molecular complexity index is 361. The quantitative estimate of drug-likeness (QED) is 0.747. The molecule has 3 heteroatoms. The second-order valence-corrected chi connectivity index (χ2v) is 4.05. The number of aliphatic hydroxyl groups excluding tert-OH is 1. The van der Waals surface area contributed by atoms with Gasteiger partial charge in [0.1, 0.15) is 5.75 Å². The highest BCUT2D eigenvalue weighted by Gasteiger charge is 2.11. The Morgan fingerprint density at radius 3 is 2.50 bits per heavy atom. The first kappa shape index (κ1) is 13.0. The minimum Gasteiger partial charge on any atom is -0.496 e. The van der Waals surface area contributed by atoms with E-state index in [0.717, 1.165) is 12.3 Å². The molecule has 0 radical (unpaired) electrons. The van der Waals surface area contributed by atoms with Crippen molar-refractivity contribution in [3.63, 3.8) is 0 Å². The maximum Gasteiger partial charge on any atom is 0.126 e. The third kappa shape index (κ3) is 2.74. The van der Waals surface area contributed by atoms with Crippen LogP contribution < -0.4 is 10.1 Å². The molecule has 0 bridgehead atoms. The van der Waals surface area contributed by atoms with Gasteiger partial charge in [0, 0.05) is 18.7 Å². The molecule has 0 saturated heterocycles. The van der Waals surface area contributed by atoms with Crippen LogP contribution in [0.1, 0.15) is 22.3 Å². The van der Waals surface area contributed by atoms with E-state index in [-0.39, 0.29) is 6.61 Å². The summed E-state index contributed by atoms with van der Waals surface area (Å²) in [7, 11) is 1.71. The first-order chi connectivity index (χ1) is 7.61. The summed E-state index contributed by atoms with van der Waals surface area (Å²) in [4.78, 5) is 0. The summed E-state index contributed by atoms with van der Waals surface area (Å²) in [5, 5.41) is 11.9. The smallest absolute Gasteiger partial charge is 0.126 e. The van der Waals surface area contributed by atoms with Crippen molar-refractivity contribution in [1.29, 1.82) is 0 Å². The normalized spacial score (nSPS) is 10.6. The van der Waals surface area contributed by atoms with Gasteiger partial charge in [-0.2, -0.15) is 0 Å². The number of rotatable bonds is 5. The van der Waals surface area contributed by atoms with Crippen molar-refractivity contribution in [3.05, 3.63) is 28.3 Å². The summed E-state index contributed by atoms with van der Waals surface area (Å²) in [5.41, 5.74) is 4.85. The number of hydrogen-bond donors (Lipinski definition) is 2. The van der Waals surface area contributed by atoms with E-state index in [1.807, 2.05) is 0 Å². The summed E-state index contributed by atoms with van der Waals surface area (Å²) in [6, 6.07) is 2.17. The lowest BCUT2D eigenvalue weighted by molar-refractivity contribution is 0.291. The van der Waals surface area contributed by atoms with Gasteiger partial charge in [-0.25, -0.2) is 0 Å². The minimum atomic E-state index is 0.159. The molecular formula is C13H21NO2. The third-order valence-corrected chi connectivity index (χ3v) is 2.91. The predicted molar refractivity (Wildman–Crippen MR) is 66.0 cm³/mol. The number of benzene rings is 1. The van der Waals surface area contributed by atoms with Crippen molar-refractivity contribution in [2.45, 2.75) is 27.3 Å². The van der Waals surface area contributed by atoms with Gasteiger partial charge in [0.15, 0.2) is 0 Å². The zero-order valence-corrected chi connectivity index (χ0v) is 10.6. The van der Waals surface area contributed by atoms with E-state index in [1.165, 1.54) is 22.3 Å². The summed E-state index contributed by atoms with van der Waals surface area (Å²) in [5.74, 6) is 0.961. The molecule has 16 heavy (non-hydrogen) atoms. The van der Waals surface area contributed by atoms with Gasteiger partial charge in [0.2, 0.25) is 0 Å². The fourth-order valence-electron chi connectivity index (χ4n) is 1.89. The van der Waals surface area contributed by atoms with Crippen LogP contribution in [0.5, 0.6) is 5.75 Å². The van der Waals surface area contributed by atoms with E-state index in [9.17, 15) is 0 Å². The third-order valence-electron chi connectivity index (χ3n) is 2.91. The highest BCUT2D eigenvalue weighted by atomic mass is 16.5. The molecule has 0 saturated carbocycles. The van der Waals surface area contributed by atoms with E-state index in [0.29, 0.717) is 6.54 Å². The molecule has 0 heterocycles. The molecule has 0 atom stereocenters. The second-order valence-electron chi connectivity index (χ2n) is 4.05. The van der Waals surface area contributed by atoms with Gasteiger partial charge in [0.25, 0.3) is 0 Å². The second kappa shape index (κ2) is 5.87. The number of nitrogens with one attached hydrogen (secondary N) is 1. The molecular weight excluding hydrogens is 202 g/mol. The average Bonchev–Trinajstić information content (AvgIpc) is 2.26. The van der Waals surface area contributed by atoms with E-state index in [4.69, 9.17) is 9.84 Å². The van der Waals surface area contributed by atoms with Gasteiger partial charge in [0.05, 0.1) is 13.7 Å². The Labute approximate surface area is 97.4 Å². The van der Waals surface area contributed by atoms with E-state index in [2.05, 4.69) is 32.2 Å². The van der Waals surface area contributed by atoms with Gasteiger partial charge in [-0.3, -0.25) is 0 Å². The summed E-state index contributed by atoms with van der Waals surface area (Å²) in [6.07, 6.45) is 0. The van der Waals surface area contributed by atoms with Crippen LogP contribution in [0.15, 0.2) is 6.07 Å². The molecule has 90 valence electrons. The Morgan fingerprint density at radius 1 is 1.25 bits per heavy atom. The number of aryl methyl sites for hydroxylation is 2. The lowest BCUT2D eigenvalue weighted by Crippen LogP contribution is -2.19. The van der Waals surface area contributed by atoms with Gasteiger partial charge in [-0.15, -0.1) is 0 Å². The zero-order chi connectivity index (χ0) is 12.1. The Hall–Kier alpha value is -1.06. The largest absolute Gasteiger partial charge is 0.496 e. The van der Waals surface area contributed by atoms with Crippen molar-refractivity contribution in [3.8, 4) is 5.75 Å². The molecule has 0 spiro atoms. The van der Waals surface area contributed by atoms with Gasteiger partial charge < -0.3 is 15.2 Å². The average molecular weight is 223 g/mol. The van der Waals surface area contributed by atoms with Crippen LogP contribution in [0, 0.1) is 20.8 Å². The van der Waals surface area contributed by atoms with E-state index >= 15 is 0 Å². The first-order valence-corrected chi connectivity index (χ1v) is 5.57. The Kier molecular flexibility index (Phi) is 4.77. The van der Waals surface area contributed by atoms with Crippen LogP contribution in [-0.2, 0) is 6.54 Å². The summed E-state index contributed by atoms with van der Waals surface area (Å²) < 4.78 is 5.47. The summed E-state index contributed by atoms with van der Waals surface area (Å²) in [6.45, 7) is 7.75. The van der Waals surface area contributed by atoms with Crippen LogP contribution in [0.3, 0.4) is 0 Å². The molecule has 0 aliphatic rings. The van der Waals surface area contributed by atoms with Gasteiger partial charge in [-0.05, 0) is 37.5 Å². The molecule has 0 fully saturated rings. The Balaban J connectivity index is 3.01. The fraction of sp³-hybridized carbons (Fsp3) is 0.538. The van der Waals surface area contributed by atoms with Crippen LogP contribution in [0.25, 0.3) is 0 Å². The van der Waals surface area contributed by atoms with E-state index in [1.54, 1.807) is 7.11 Å². The highest BCUT2D eigenvalue weighted by molar-refractivity contribution is 5.49. The zero-order valence-electron chi connectivity index (χ0n) is 10.6. The summed E-state index contributed by atoms with van der Waals surface area (Å²) >= 11 is 0. The molecule has 1 rings (SSSR count). The molecule has 0 aliphatic carbocycles. The molecule has 2 N–H and O–H groups in total. The predicted octanol–water partition coefficient (Wildman–Crippen LogP) is 1.70. The van der Waals surface area contributed by atoms with Gasteiger partial charge in [-0.1, -0.05) is 6.07 Å². The molecule has 1 aromatic rings. The lowest BCUT2D eigenvalue weighted by atomic mass is 9.99. The van der Waals surface area contributed by atoms with E-state index < -0.39 is 0 Å². The number of methoxy groups -OCH3 is 1. The number of hydrogen-bond acceptors (Lipinski definition) is 3. The number of aliphatic hydroxyl groups is 1. The van der Waals surface area contributed by atoms with Crippen molar-refractivity contribution >= 4 is 0 Å². The topological polar surface area (TPSA) is 41.5 Å². The maximum absolute atomic E-state index is 8.75. The highest BCUT2D eigenvalue weighted by Crippen LogP contribution is 2.29. The monoisotopic (exact) mass is 223 g/mol. The first-order valence-electron chi connectivity index (χ1n) is 5.57. The van der Waals surface area contributed by atoms with Crippen molar-refractivity contribution in [2.75, 3.05) is 20.3 Å². The molecule has 3 nitrogen and oxygen atoms in total. The molecule has 0 unspecified atom stereocenters. The lowest BCUT2D eigenvalue weighted by Gasteiger charge is -2.16. The van der Waals surface area contributed by atoms with Gasteiger partial charge >= 0.3 is 0 Å².